The Balaban J connectivity index is 1.36. The number of fused-ring (bicyclic) bond motifs is 2. The van der Waals surface area contributed by atoms with Crippen molar-refractivity contribution in [1.82, 2.24) is 4.98 Å². The first kappa shape index (κ1) is 20.0. The van der Waals surface area contributed by atoms with Gasteiger partial charge in [-0.2, -0.15) is 0 Å². The molecule has 5 aromatic rings. The second-order valence-electron chi connectivity index (χ2n) is 7.92. The van der Waals surface area contributed by atoms with Crippen molar-refractivity contribution < 1.29 is 19.0 Å². The Hall–Kier alpha value is -4.64. The number of hydrogen-bond acceptors (Lipinski definition) is 5. The minimum absolute atomic E-state index is 0.161. The second-order valence-corrected chi connectivity index (χ2v) is 7.92. The number of ether oxygens (including phenoxy) is 3. The average Bonchev–Trinajstić information content (AvgIpc) is 3.36. The molecule has 0 spiro atoms. The maximum atomic E-state index is 13.2. The van der Waals surface area contributed by atoms with Crippen LogP contribution in [0.3, 0.4) is 0 Å². The third-order valence-corrected chi connectivity index (χ3v) is 5.78. The molecule has 0 radical (unpaired) electrons. The fourth-order valence-electron chi connectivity index (χ4n) is 4.06. The highest BCUT2D eigenvalue weighted by molar-refractivity contribution is 6.05. The Bertz CT molecular complexity index is 1510. The first-order valence-corrected chi connectivity index (χ1v) is 10.9. The van der Waals surface area contributed by atoms with Crippen molar-refractivity contribution in [3.8, 4) is 39.6 Å². The van der Waals surface area contributed by atoms with Crippen LogP contribution >= 0.6 is 0 Å². The van der Waals surface area contributed by atoms with Gasteiger partial charge in [-0.15, -0.1) is 0 Å². The van der Waals surface area contributed by atoms with Gasteiger partial charge in [-0.25, -0.2) is 9.78 Å². The van der Waals surface area contributed by atoms with Crippen LogP contribution in [0.25, 0.3) is 33.3 Å². The lowest BCUT2D eigenvalue weighted by atomic mass is 10.0. The lowest BCUT2D eigenvalue weighted by Gasteiger charge is -2.11. The second kappa shape index (κ2) is 8.37. The normalized spacial score (nSPS) is 12.0. The van der Waals surface area contributed by atoms with E-state index in [-0.39, 0.29) is 6.79 Å². The summed E-state index contributed by atoms with van der Waals surface area (Å²) < 4.78 is 16.4. The number of carbonyl (C=O) groups excluding carboxylic acids is 1. The Morgan fingerprint density at radius 1 is 0.706 bits per heavy atom. The third kappa shape index (κ3) is 3.73. The van der Waals surface area contributed by atoms with Crippen molar-refractivity contribution in [3.63, 3.8) is 0 Å². The minimum Gasteiger partial charge on any atom is -0.454 e. The molecule has 0 unspecified atom stereocenters. The van der Waals surface area contributed by atoms with Gasteiger partial charge < -0.3 is 14.2 Å². The molecule has 4 aromatic carbocycles. The van der Waals surface area contributed by atoms with Gasteiger partial charge in [0.2, 0.25) is 6.79 Å². The largest absolute Gasteiger partial charge is 0.454 e. The van der Waals surface area contributed by atoms with Gasteiger partial charge in [-0.3, -0.25) is 0 Å². The highest BCUT2D eigenvalue weighted by Crippen LogP contribution is 2.36. The molecule has 34 heavy (non-hydrogen) atoms. The monoisotopic (exact) mass is 445 g/mol. The Morgan fingerprint density at radius 2 is 1.41 bits per heavy atom. The lowest BCUT2D eigenvalue weighted by molar-refractivity contribution is 0.0736. The average molecular weight is 445 g/mol. The van der Waals surface area contributed by atoms with Crippen molar-refractivity contribution >= 4 is 16.9 Å². The van der Waals surface area contributed by atoms with Crippen LogP contribution in [0.5, 0.6) is 17.2 Å². The molecule has 5 heteroatoms. The van der Waals surface area contributed by atoms with Gasteiger partial charge >= 0.3 is 5.97 Å². The highest BCUT2D eigenvalue weighted by atomic mass is 16.7. The van der Waals surface area contributed by atoms with E-state index in [2.05, 4.69) is 24.3 Å². The summed E-state index contributed by atoms with van der Waals surface area (Å²) in [6.07, 6.45) is 0. The van der Waals surface area contributed by atoms with E-state index in [1.165, 1.54) is 0 Å². The number of carbonyl (C=O) groups is 1. The summed E-state index contributed by atoms with van der Waals surface area (Å²) in [6, 6.07) is 32.8. The van der Waals surface area contributed by atoms with Gasteiger partial charge in [-0.1, -0.05) is 72.8 Å². The molecule has 0 saturated heterocycles. The molecule has 2 heterocycles. The van der Waals surface area contributed by atoms with Crippen LogP contribution in [0.2, 0.25) is 0 Å². The molecule has 6 rings (SSSR count). The number of aromatic nitrogens is 1. The predicted molar refractivity (Wildman–Crippen MR) is 130 cm³/mol. The smallest absolute Gasteiger partial charge is 0.344 e. The summed E-state index contributed by atoms with van der Waals surface area (Å²) in [4.78, 5) is 18.0. The molecule has 0 fully saturated rings. The summed E-state index contributed by atoms with van der Waals surface area (Å²) in [7, 11) is 0. The Morgan fingerprint density at radius 3 is 2.26 bits per heavy atom. The van der Waals surface area contributed by atoms with Crippen molar-refractivity contribution in [2.24, 2.45) is 0 Å². The maximum absolute atomic E-state index is 13.2. The lowest BCUT2D eigenvalue weighted by Crippen LogP contribution is -2.10. The van der Waals surface area contributed by atoms with Crippen molar-refractivity contribution in [2.75, 3.05) is 6.79 Å². The molecule has 5 nitrogen and oxygen atoms in total. The highest BCUT2D eigenvalue weighted by Gasteiger charge is 2.19. The van der Waals surface area contributed by atoms with E-state index in [4.69, 9.17) is 19.2 Å². The van der Waals surface area contributed by atoms with E-state index < -0.39 is 5.97 Å². The first-order valence-electron chi connectivity index (χ1n) is 10.9. The van der Waals surface area contributed by atoms with Gasteiger partial charge in [0, 0.05) is 17.0 Å². The molecule has 0 bridgehead atoms. The molecular formula is C29H19NO4. The van der Waals surface area contributed by atoms with E-state index in [1.807, 2.05) is 54.6 Å². The topological polar surface area (TPSA) is 57.7 Å². The first-order chi connectivity index (χ1) is 16.7. The molecule has 0 N–H and O–H groups in total. The molecule has 0 aliphatic carbocycles. The quantitative estimate of drug-likeness (QED) is 0.233. The summed E-state index contributed by atoms with van der Waals surface area (Å²) in [5, 5.41) is 0.734. The van der Waals surface area contributed by atoms with E-state index >= 15 is 0 Å². The number of nitrogens with zero attached hydrogens (tertiary/aromatic N) is 1. The number of rotatable bonds is 4. The third-order valence-electron chi connectivity index (χ3n) is 5.78. The number of para-hydroxylation sites is 1. The summed E-state index contributed by atoms with van der Waals surface area (Å²) in [5.41, 5.74) is 5.06. The predicted octanol–water partition coefficient (Wildman–Crippen LogP) is 6.52. The Labute approximate surface area is 196 Å². The van der Waals surface area contributed by atoms with Gasteiger partial charge in [0.1, 0.15) is 5.75 Å². The molecule has 1 aliphatic rings. The fourth-order valence-corrected chi connectivity index (χ4v) is 4.06. The summed E-state index contributed by atoms with van der Waals surface area (Å²) in [5.74, 6) is 1.13. The summed E-state index contributed by atoms with van der Waals surface area (Å²) in [6.45, 7) is 0.161. The van der Waals surface area contributed by atoms with E-state index in [9.17, 15) is 4.79 Å². The van der Waals surface area contributed by atoms with Crippen molar-refractivity contribution in [3.05, 3.63) is 109 Å². The van der Waals surface area contributed by atoms with E-state index in [1.54, 1.807) is 24.3 Å². The molecule has 164 valence electrons. The minimum atomic E-state index is -0.459. The van der Waals surface area contributed by atoms with Crippen LogP contribution in [0, 0.1) is 0 Å². The van der Waals surface area contributed by atoms with Crippen LogP contribution in [0.4, 0.5) is 0 Å². The molecule has 0 amide bonds. The van der Waals surface area contributed by atoms with E-state index in [0.29, 0.717) is 28.5 Å². The van der Waals surface area contributed by atoms with Gasteiger partial charge in [0.25, 0.3) is 0 Å². The van der Waals surface area contributed by atoms with Crippen LogP contribution in [-0.2, 0) is 0 Å². The van der Waals surface area contributed by atoms with Crippen molar-refractivity contribution in [1.29, 1.82) is 0 Å². The maximum Gasteiger partial charge on any atom is 0.344 e. The van der Waals surface area contributed by atoms with Gasteiger partial charge in [0.05, 0.1) is 16.8 Å². The molecular weight excluding hydrogens is 426 g/mol. The summed E-state index contributed by atoms with van der Waals surface area (Å²) >= 11 is 0. The van der Waals surface area contributed by atoms with Crippen LogP contribution in [0.1, 0.15) is 10.4 Å². The number of pyridine rings is 1. The zero-order valence-corrected chi connectivity index (χ0v) is 18.1. The van der Waals surface area contributed by atoms with Crippen LogP contribution in [0.15, 0.2) is 103 Å². The zero-order chi connectivity index (χ0) is 22.9. The molecule has 1 aliphatic heterocycles. The number of hydrogen-bond donors (Lipinski definition) is 0. The molecule has 0 saturated carbocycles. The van der Waals surface area contributed by atoms with Gasteiger partial charge in [0.15, 0.2) is 11.5 Å². The van der Waals surface area contributed by atoms with Crippen LogP contribution < -0.4 is 14.2 Å². The number of esters is 1. The van der Waals surface area contributed by atoms with Crippen molar-refractivity contribution in [2.45, 2.75) is 0 Å². The zero-order valence-electron chi connectivity index (χ0n) is 18.1. The SMILES string of the molecule is O=C(Oc1ccc2c(c1)OCO2)c1cc(-c2ccc(-c3ccccc3)cc2)nc2ccccc12. The standard InChI is InChI=1S/C29H19NO4/c31-29(34-22-14-15-27-28(16-22)33-18-32-27)24-17-26(30-25-9-5-4-8-23(24)25)21-12-10-20(11-13-21)19-6-2-1-3-7-19/h1-17H,18H2. The van der Waals surface area contributed by atoms with Crippen LogP contribution in [-0.4, -0.2) is 17.7 Å². The van der Waals surface area contributed by atoms with Gasteiger partial charge in [-0.05, 0) is 35.4 Å². The fraction of sp³-hybridized carbons (Fsp3) is 0.0345. The molecule has 0 atom stereocenters. The number of benzene rings is 4. The Kier molecular flexibility index (Phi) is 4.92. The van der Waals surface area contributed by atoms with E-state index in [0.717, 1.165) is 27.6 Å². The molecule has 1 aromatic heterocycles.